The van der Waals surface area contributed by atoms with Crippen LogP contribution in [-0.2, 0) is 11.2 Å². The van der Waals surface area contributed by atoms with Gasteiger partial charge in [0.05, 0.1) is 20.0 Å². The molecule has 1 saturated heterocycles. The van der Waals surface area contributed by atoms with E-state index in [1.54, 1.807) is 38.4 Å². The third-order valence-corrected chi connectivity index (χ3v) is 6.05. The van der Waals surface area contributed by atoms with E-state index in [2.05, 4.69) is 20.9 Å². The van der Waals surface area contributed by atoms with Crippen LogP contribution in [0, 0.1) is 0 Å². The van der Waals surface area contributed by atoms with Crippen molar-refractivity contribution in [1.82, 2.24) is 9.88 Å². The zero-order valence-corrected chi connectivity index (χ0v) is 16.5. The molecule has 0 spiro atoms. The van der Waals surface area contributed by atoms with Gasteiger partial charge in [-0.3, -0.25) is 9.78 Å². The number of hydrogen-bond acceptors (Lipinski definition) is 5. The molecule has 1 aromatic carbocycles. The molecule has 1 unspecified atom stereocenters. The van der Waals surface area contributed by atoms with Crippen LogP contribution in [0.3, 0.4) is 0 Å². The molecule has 3 rings (SSSR count). The van der Waals surface area contributed by atoms with E-state index in [0.29, 0.717) is 23.8 Å². The SMILES string of the molecule is COc1cc(Br)c(C2SCC(=O)N2CCc2ccncc2)cc1OC. The van der Waals surface area contributed by atoms with Gasteiger partial charge in [0.25, 0.3) is 0 Å². The van der Waals surface area contributed by atoms with Crippen molar-refractivity contribution in [3.8, 4) is 11.5 Å². The highest BCUT2D eigenvalue weighted by Crippen LogP contribution is 2.45. The van der Waals surface area contributed by atoms with Gasteiger partial charge in [-0.05, 0) is 36.2 Å². The largest absolute Gasteiger partial charge is 0.493 e. The summed E-state index contributed by atoms with van der Waals surface area (Å²) in [7, 11) is 3.22. The number of carbonyl (C=O) groups is 1. The average Bonchev–Trinajstić information content (AvgIpc) is 3.01. The van der Waals surface area contributed by atoms with Crippen molar-refractivity contribution in [2.75, 3.05) is 26.5 Å². The number of halogens is 1. The smallest absolute Gasteiger partial charge is 0.233 e. The predicted octanol–water partition coefficient (Wildman–Crippen LogP) is 3.68. The summed E-state index contributed by atoms with van der Waals surface area (Å²) in [6.07, 6.45) is 4.35. The van der Waals surface area contributed by atoms with Gasteiger partial charge < -0.3 is 14.4 Å². The van der Waals surface area contributed by atoms with Crippen molar-refractivity contribution < 1.29 is 14.3 Å². The molecule has 0 N–H and O–H groups in total. The molecule has 1 fully saturated rings. The van der Waals surface area contributed by atoms with E-state index in [1.807, 2.05) is 29.2 Å². The van der Waals surface area contributed by atoms with Crippen molar-refractivity contribution >= 4 is 33.6 Å². The van der Waals surface area contributed by atoms with Crippen molar-refractivity contribution in [3.63, 3.8) is 0 Å². The summed E-state index contributed by atoms with van der Waals surface area (Å²) in [5.41, 5.74) is 2.19. The summed E-state index contributed by atoms with van der Waals surface area (Å²) in [4.78, 5) is 18.4. The number of pyridine rings is 1. The summed E-state index contributed by atoms with van der Waals surface area (Å²) in [6.45, 7) is 0.668. The molecule has 1 aromatic heterocycles. The van der Waals surface area contributed by atoms with E-state index in [0.717, 1.165) is 16.5 Å². The van der Waals surface area contributed by atoms with Gasteiger partial charge in [-0.1, -0.05) is 15.9 Å². The summed E-state index contributed by atoms with van der Waals surface area (Å²) >= 11 is 5.24. The minimum absolute atomic E-state index is 0.0384. The fourth-order valence-electron chi connectivity index (χ4n) is 2.81. The minimum Gasteiger partial charge on any atom is -0.493 e. The molecule has 1 atom stereocenters. The maximum absolute atomic E-state index is 12.4. The van der Waals surface area contributed by atoms with Crippen LogP contribution >= 0.6 is 27.7 Å². The summed E-state index contributed by atoms with van der Waals surface area (Å²) < 4.78 is 11.7. The molecule has 1 aliphatic heterocycles. The first kappa shape index (κ1) is 18.1. The topological polar surface area (TPSA) is 51.7 Å². The fraction of sp³-hybridized carbons (Fsp3) is 0.333. The molecule has 2 aromatic rings. The first-order valence-electron chi connectivity index (χ1n) is 7.85. The van der Waals surface area contributed by atoms with Gasteiger partial charge in [-0.25, -0.2) is 0 Å². The third-order valence-electron chi connectivity index (χ3n) is 4.13. The summed E-state index contributed by atoms with van der Waals surface area (Å²) in [6, 6.07) is 7.79. The molecular weight excluding hydrogens is 404 g/mol. The van der Waals surface area contributed by atoms with Crippen LogP contribution in [0.1, 0.15) is 16.5 Å². The molecule has 1 amide bonds. The molecule has 2 heterocycles. The van der Waals surface area contributed by atoms with Crippen molar-refractivity contribution in [2.24, 2.45) is 0 Å². The zero-order chi connectivity index (χ0) is 17.8. The lowest BCUT2D eigenvalue weighted by Gasteiger charge is -2.26. The molecular formula is C18H19BrN2O3S. The minimum atomic E-state index is -0.0384. The Kier molecular flexibility index (Phi) is 5.86. The van der Waals surface area contributed by atoms with Gasteiger partial charge in [-0.2, -0.15) is 0 Å². The monoisotopic (exact) mass is 422 g/mol. The van der Waals surface area contributed by atoms with Crippen LogP contribution in [-0.4, -0.2) is 42.3 Å². The molecule has 7 heteroatoms. The predicted molar refractivity (Wildman–Crippen MR) is 102 cm³/mol. The third kappa shape index (κ3) is 3.93. The van der Waals surface area contributed by atoms with Gasteiger partial charge >= 0.3 is 0 Å². The average molecular weight is 423 g/mol. The molecule has 0 bridgehead atoms. The number of rotatable bonds is 6. The van der Waals surface area contributed by atoms with E-state index >= 15 is 0 Å². The van der Waals surface area contributed by atoms with Gasteiger partial charge in [0, 0.05) is 29.0 Å². The second kappa shape index (κ2) is 8.10. The van der Waals surface area contributed by atoms with Crippen LogP contribution in [0.15, 0.2) is 41.1 Å². The van der Waals surface area contributed by atoms with Gasteiger partial charge in [-0.15, -0.1) is 11.8 Å². The molecule has 0 radical (unpaired) electrons. The Labute approximate surface area is 159 Å². The number of nitrogens with zero attached hydrogens (tertiary/aromatic N) is 2. The number of carbonyl (C=O) groups excluding carboxylic acids is 1. The van der Waals surface area contributed by atoms with Crippen LogP contribution in [0.25, 0.3) is 0 Å². The Hall–Kier alpha value is -1.73. The van der Waals surface area contributed by atoms with E-state index in [9.17, 15) is 4.79 Å². The normalized spacial score (nSPS) is 17.0. The lowest BCUT2D eigenvalue weighted by molar-refractivity contribution is -0.128. The molecule has 0 aliphatic carbocycles. The Morgan fingerprint density at radius 1 is 1.24 bits per heavy atom. The van der Waals surface area contributed by atoms with Gasteiger partial charge in [0.2, 0.25) is 5.91 Å². The number of methoxy groups -OCH3 is 2. The van der Waals surface area contributed by atoms with Gasteiger partial charge in [0.1, 0.15) is 5.37 Å². The lowest BCUT2D eigenvalue weighted by Crippen LogP contribution is -2.30. The number of thioether (sulfide) groups is 1. The standard InChI is InChI=1S/C18H19BrN2O3S/c1-23-15-9-13(14(19)10-16(15)24-2)18-21(17(22)11-25-18)8-5-12-3-6-20-7-4-12/h3-4,6-7,9-10,18H,5,8,11H2,1-2H3. The van der Waals surface area contributed by atoms with E-state index in [-0.39, 0.29) is 11.3 Å². The zero-order valence-electron chi connectivity index (χ0n) is 14.1. The van der Waals surface area contributed by atoms with Crippen LogP contribution in [0.2, 0.25) is 0 Å². The number of aromatic nitrogens is 1. The van der Waals surface area contributed by atoms with Crippen LogP contribution in [0.5, 0.6) is 11.5 Å². The molecule has 25 heavy (non-hydrogen) atoms. The molecule has 132 valence electrons. The first-order valence-corrected chi connectivity index (χ1v) is 9.69. The lowest BCUT2D eigenvalue weighted by atomic mass is 10.1. The Bertz CT molecular complexity index is 757. The maximum atomic E-state index is 12.4. The quantitative estimate of drug-likeness (QED) is 0.710. The summed E-state index contributed by atoms with van der Waals surface area (Å²) in [5.74, 6) is 1.97. The van der Waals surface area contributed by atoms with Crippen molar-refractivity contribution in [1.29, 1.82) is 0 Å². The Morgan fingerprint density at radius 3 is 2.60 bits per heavy atom. The molecule has 1 aliphatic rings. The highest BCUT2D eigenvalue weighted by molar-refractivity contribution is 9.10. The summed E-state index contributed by atoms with van der Waals surface area (Å²) in [5, 5.41) is -0.0384. The number of benzene rings is 1. The van der Waals surface area contributed by atoms with E-state index in [1.165, 1.54) is 5.56 Å². The fourth-order valence-corrected chi connectivity index (χ4v) is 4.75. The second-order valence-corrected chi connectivity index (χ2v) is 7.51. The number of hydrogen-bond donors (Lipinski definition) is 0. The highest BCUT2D eigenvalue weighted by atomic mass is 79.9. The Balaban J connectivity index is 1.84. The molecule has 5 nitrogen and oxygen atoms in total. The first-order chi connectivity index (χ1) is 12.1. The van der Waals surface area contributed by atoms with Crippen LogP contribution in [0.4, 0.5) is 0 Å². The Morgan fingerprint density at radius 2 is 1.92 bits per heavy atom. The maximum Gasteiger partial charge on any atom is 0.233 e. The van der Waals surface area contributed by atoms with Crippen LogP contribution < -0.4 is 9.47 Å². The molecule has 0 saturated carbocycles. The van der Waals surface area contributed by atoms with E-state index < -0.39 is 0 Å². The highest BCUT2D eigenvalue weighted by Gasteiger charge is 2.34. The van der Waals surface area contributed by atoms with Crippen molar-refractivity contribution in [3.05, 3.63) is 52.3 Å². The van der Waals surface area contributed by atoms with Gasteiger partial charge in [0.15, 0.2) is 11.5 Å². The second-order valence-electron chi connectivity index (χ2n) is 5.58. The van der Waals surface area contributed by atoms with E-state index in [4.69, 9.17) is 9.47 Å². The number of ether oxygens (including phenoxy) is 2. The van der Waals surface area contributed by atoms with Crippen molar-refractivity contribution in [2.45, 2.75) is 11.8 Å². The number of amides is 1.